The van der Waals surface area contributed by atoms with Crippen LogP contribution in [0.4, 0.5) is 4.39 Å². The van der Waals surface area contributed by atoms with E-state index in [0.717, 1.165) is 36.5 Å². The summed E-state index contributed by atoms with van der Waals surface area (Å²) < 4.78 is 29.8. The fraction of sp³-hybridized carbons (Fsp3) is 0.480. The summed E-state index contributed by atoms with van der Waals surface area (Å²) >= 11 is 0. The highest BCUT2D eigenvalue weighted by molar-refractivity contribution is 5.77. The lowest BCUT2D eigenvalue weighted by Crippen LogP contribution is -2.41. The molecule has 32 heavy (non-hydrogen) atoms. The molecular formula is C25H33FN2O4. The van der Waals surface area contributed by atoms with Gasteiger partial charge >= 0.3 is 0 Å². The summed E-state index contributed by atoms with van der Waals surface area (Å²) in [6, 6.07) is 14.8. The Bertz CT molecular complexity index is 879. The molecule has 0 N–H and O–H groups in total. The van der Waals surface area contributed by atoms with Gasteiger partial charge in [-0.15, -0.1) is 0 Å². The minimum absolute atomic E-state index is 0.0337. The molecule has 0 spiro atoms. The summed E-state index contributed by atoms with van der Waals surface area (Å²) in [6.45, 7) is 3.86. The fourth-order valence-electron chi connectivity index (χ4n) is 4.48. The van der Waals surface area contributed by atoms with Gasteiger partial charge in [0.15, 0.2) is 0 Å². The van der Waals surface area contributed by atoms with Crippen molar-refractivity contribution in [1.82, 2.24) is 9.80 Å². The van der Waals surface area contributed by atoms with E-state index < -0.39 is 0 Å². The molecule has 1 amide bonds. The molecule has 0 bridgehead atoms. The largest absolute Gasteiger partial charge is 0.496 e. The number of likely N-dealkylation sites (tertiary alicyclic amines) is 1. The van der Waals surface area contributed by atoms with Crippen molar-refractivity contribution < 1.29 is 23.4 Å². The van der Waals surface area contributed by atoms with Gasteiger partial charge in [-0.2, -0.15) is 0 Å². The number of benzene rings is 2. The molecule has 2 aromatic carbocycles. The Morgan fingerprint density at radius 3 is 2.62 bits per heavy atom. The average Bonchev–Trinajstić information content (AvgIpc) is 3.19. The summed E-state index contributed by atoms with van der Waals surface area (Å²) in [5.41, 5.74) is 2.07. The van der Waals surface area contributed by atoms with Gasteiger partial charge in [0.2, 0.25) is 5.91 Å². The van der Waals surface area contributed by atoms with Crippen molar-refractivity contribution in [1.29, 1.82) is 0 Å². The van der Waals surface area contributed by atoms with Gasteiger partial charge in [0.1, 0.15) is 18.2 Å². The van der Waals surface area contributed by atoms with E-state index in [9.17, 15) is 9.18 Å². The molecule has 1 saturated heterocycles. The number of rotatable bonds is 11. The van der Waals surface area contributed by atoms with Gasteiger partial charge in [-0.05, 0) is 29.7 Å². The highest BCUT2D eigenvalue weighted by atomic mass is 19.1. The lowest BCUT2D eigenvalue weighted by atomic mass is 9.88. The average molecular weight is 445 g/mol. The van der Waals surface area contributed by atoms with Crippen LogP contribution in [-0.4, -0.2) is 76.4 Å². The Balaban J connectivity index is 1.82. The normalized spacial score (nSPS) is 18.6. The van der Waals surface area contributed by atoms with Crippen LogP contribution in [-0.2, 0) is 20.8 Å². The molecule has 6 nitrogen and oxygen atoms in total. The second kappa shape index (κ2) is 11.9. The number of carbonyl (C=O) groups excluding carboxylic acids is 1. The molecule has 1 heterocycles. The van der Waals surface area contributed by atoms with E-state index in [0.29, 0.717) is 19.7 Å². The van der Waals surface area contributed by atoms with E-state index in [1.807, 2.05) is 24.3 Å². The predicted octanol–water partition coefficient (Wildman–Crippen LogP) is 3.17. The molecule has 0 saturated carbocycles. The van der Waals surface area contributed by atoms with Crippen LogP contribution in [0.3, 0.4) is 0 Å². The Labute approximate surface area is 189 Å². The summed E-state index contributed by atoms with van der Waals surface area (Å²) in [6.07, 6.45) is 0. The number of halogens is 1. The lowest BCUT2D eigenvalue weighted by Gasteiger charge is -2.28. The topological polar surface area (TPSA) is 51.2 Å². The molecule has 7 heteroatoms. The molecule has 0 aliphatic carbocycles. The maximum Gasteiger partial charge on any atom is 0.248 e. The van der Waals surface area contributed by atoms with Crippen LogP contribution < -0.4 is 4.74 Å². The van der Waals surface area contributed by atoms with E-state index in [1.165, 1.54) is 13.2 Å². The molecule has 0 unspecified atom stereocenters. The number of ether oxygens (including phenoxy) is 3. The van der Waals surface area contributed by atoms with E-state index >= 15 is 0 Å². The molecular weight excluding hydrogens is 411 g/mol. The number of methoxy groups -OCH3 is 3. The molecule has 0 radical (unpaired) electrons. The third-order valence-corrected chi connectivity index (χ3v) is 6.02. The van der Waals surface area contributed by atoms with Gasteiger partial charge in [0.05, 0.1) is 13.7 Å². The van der Waals surface area contributed by atoms with E-state index in [4.69, 9.17) is 14.2 Å². The van der Waals surface area contributed by atoms with Crippen LogP contribution in [0.2, 0.25) is 0 Å². The summed E-state index contributed by atoms with van der Waals surface area (Å²) in [5.74, 6) is 0.821. The van der Waals surface area contributed by atoms with Crippen LogP contribution in [0.5, 0.6) is 5.75 Å². The van der Waals surface area contributed by atoms with Crippen LogP contribution in [0, 0.1) is 11.7 Å². The Morgan fingerprint density at radius 1 is 1.09 bits per heavy atom. The molecule has 1 fully saturated rings. The minimum Gasteiger partial charge on any atom is -0.496 e. The quantitative estimate of drug-likeness (QED) is 0.533. The highest BCUT2D eigenvalue weighted by Gasteiger charge is 2.36. The third-order valence-electron chi connectivity index (χ3n) is 6.02. The first-order valence-corrected chi connectivity index (χ1v) is 10.9. The molecule has 0 aromatic heterocycles. The molecule has 2 aromatic rings. The molecule has 3 rings (SSSR count). The third kappa shape index (κ3) is 6.28. The first-order chi connectivity index (χ1) is 15.5. The summed E-state index contributed by atoms with van der Waals surface area (Å²) in [5, 5.41) is 0. The minimum atomic E-state index is -0.240. The molecule has 2 atom stereocenters. The number of para-hydroxylation sites is 1. The van der Waals surface area contributed by atoms with Crippen molar-refractivity contribution in [3.8, 4) is 5.75 Å². The van der Waals surface area contributed by atoms with Crippen molar-refractivity contribution in [2.75, 3.05) is 60.7 Å². The number of amides is 1. The first-order valence-electron chi connectivity index (χ1n) is 10.9. The van der Waals surface area contributed by atoms with Gasteiger partial charge in [-0.3, -0.25) is 9.69 Å². The van der Waals surface area contributed by atoms with E-state index in [-0.39, 0.29) is 30.2 Å². The number of nitrogens with zero attached hydrogens (tertiary/aromatic N) is 2. The van der Waals surface area contributed by atoms with Crippen molar-refractivity contribution in [2.45, 2.75) is 12.5 Å². The van der Waals surface area contributed by atoms with E-state index in [2.05, 4.69) is 11.0 Å². The summed E-state index contributed by atoms with van der Waals surface area (Å²) in [7, 11) is 4.82. The lowest BCUT2D eigenvalue weighted by molar-refractivity contribution is -0.136. The zero-order valence-corrected chi connectivity index (χ0v) is 19.1. The van der Waals surface area contributed by atoms with Crippen LogP contribution in [0.25, 0.3) is 0 Å². The second-order valence-electron chi connectivity index (χ2n) is 8.19. The Hall–Kier alpha value is -2.48. The van der Waals surface area contributed by atoms with Gasteiger partial charge in [-0.1, -0.05) is 30.3 Å². The summed E-state index contributed by atoms with van der Waals surface area (Å²) in [4.78, 5) is 16.8. The van der Waals surface area contributed by atoms with Crippen molar-refractivity contribution in [3.63, 3.8) is 0 Å². The van der Waals surface area contributed by atoms with Crippen molar-refractivity contribution >= 4 is 5.91 Å². The van der Waals surface area contributed by atoms with Gasteiger partial charge in [-0.25, -0.2) is 4.39 Å². The SMILES string of the molecule is COCCN(C[C@@H]1CN(Cc2ccccc2OC)C[C@H]1c1cccc(F)c1)C(=O)COC. The Morgan fingerprint density at radius 2 is 1.91 bits per heavy atom. The predicted molar refractivity (Wildman–Crippen MR) is 121 cm³/mol. The maximum absolute atomic E-state index is 14.0. The van der Waals surface area contributed by atoms with Gasteiger partial charge in [0, 0.05) is 58.4 Å². The Kier molecular flexibility index (Phi) is 9.02. The van der Waals surface area contributed by atoms with Gasteiger partial charge in [0.25, 0.3) is 0 Å². The zero-order chi connectivity index (χ0) is 22.9. The van der Waals surface area contributed by atoms with Gasteiger partial charge < -0.3 is 19.1 Å². The van der Waals surface area contributed by atoms with E-state index in [1.54, 1.807) is 31.3 Å². The number of carbonyl (C=O) groups is 1. The maximum atomic E-state index is 14.0. The zero-order valence-electron chi connectivity index (χ0n) is 19.1. The second-order valence-corrected chi connectivity index (χ2v) is 8.19. The smallest absolute Gasteiger partial charge is 0.248 e. The van der Waals surface area contributed by atoms with Crippen LogP contribution >= 0.6 is 0 Å². The molecule has 1 aliphatic heterocycles. The first kappa shape index (κ1) is 24.2. The van der Waals surface area contributed by atoms with Crippen LogP contribution in [0.1, 0.15) is 17.0 Å². The van der Waals surface area contributed by atoms with Crippen molar-refractivity contribution in [3.05, 3.63) is 65.5 Å². The number of hydrogen-bond acceptors (Lipinski definition) is 5. The fourth-order valence-corrected chi connectivity index (χ4v) is 4.48. The molecule has 1 aliphatic rings. The van der Waals surface area contributed by atoms with Crippen LogP contribution in [0.15, 0.2) is 48.5 Å². The highest BCUT2D eigenvalue weighted by Crippen LogP contribution is 2.35. The number of hydrogen-bond donors (Lipinski definition) is 0. The standard InChI is InChI=1S/C25H33FN2O4/c1-30-12-11-28(25(29)18-31-2)16-21-15-27(14-20-7-4-5-10-24(20)32-3)17-23(21)19-8-6-9-22(26)13-19/h4-10,13,21,23H,11-12,14-18H2,1-3H3/t21-,23-/m0/s1. The monoisotopic (exact) mass is 444 g/mol. The van der Waals surface area contributed by atoms with Crippen molar-refractivity contribution in [2.24, 2.45) is 5.92 Å². The molecule has 174 valence electrons.